The molecule has 1 aromatic heterocycles. The van der Waals surface area contributed by atoms with Gasteiger partial charge in [-0.25, -0.2) is 9.18 Å². The number of hydrogen-bond donors (Lipinski definition) is 1. The molecule has 0 radical (unpaired) electrons. The lowest BCUT2D eigenvalue weighted by Crippen LogP contribution is -2.30. The molecule has 6 heteroatoms. The van der Waals surface area contributed by atoms with E-state index in [9.17, 15) is 9.18 Å². The summed E-state index contributed by atoms with van der Waals surface area (Å²) < 4.78 is 12.9. The number of anilines is 1. The fourth-order valence-electron chi connectivity index (χ4n) is 1.53. The van der Waals surface area contributed by atoms with Gasteiger partial charge in [-0.1, -0.05) is 11.6 Å². The van der Waals surface area contributed by atoms with Crippen molar-refractivity contribution in [2.75, 3.05) is 12.4 Å². The summed E-state index contributed by atoms with van der Waals surface area (Å²) in [7, 11) is 1.68. The van der Waals surface area contributed by atoms with Gasteiger partial charge in [-0.2, -0.15) is 11.3 Å². The van der Waals surface area contributed by atoms with Crippen LogP contribution in [0.5, 0.6) is 0 Å². The molecule has 0 bridgehead atoms. The Hall–Kier alpha value is -1.59. The smallest absolute Gasteiger partial charge is 0.321 e. The monoisotopic (exact) mass is 298 g/mol. The minimum absolute atomic E-state index is 0.178. The van der Waals surface area contributed by atoms with Gasteiger partial charge >= 0.3 is 6.03 Å². The van der Waals surface area contributed by atoms with E-state index >= 15 is 0 Å². The Kier molecular flexibility index (Phi) is 4.39. The maximum Gasteiger partial charge on any atom is 0.321 e. The number of halogens is 2. The Labute approximate surface area is 119 Å². The van der Waals surface area contributed by atoms with E-state index in [-0.39, 0.29) is 11.1 Å². The van der Waals surface area contributed by atoms with Crippen LogP contribution in [0.25, 0.3) is 0 Å². The molecular formula is C13H12ClFN2OS. The Bertz CT molecular complexity index is 574. The minimum atomic E-state index is -0.436. The number of nitrogens with zero attached hydrogens (tertiary/aromatic N) is 1. The average molecular weight is 299 g/mol. The van der Waals surface area contributed by atoms with Crippen molar-refractivity contribution in [2.45, 2.75) is 6.54 Å². The van der Waals surface area contributed by atoms with Crippen LogP contribution in [-0.2, 0) is 6.54 Å². The normalized spacial score (nSPS) is 10.3. The van der Waals surface area contributed by atoms with Gasteiger partial charge in [0.1, 0.15) is 5.82 Å². The molecule has 0 spiro atoms. The third kappa shape index (κ3) is 3.68. The summed E-state index contributed by atoms with van der Waals surface area (Å²) in [5.41, 5.74) is 1.46. The Balaban J connectivity index is 2.00. The second-order valence-corrected chi connectivity index (χ2v) is 5.23. The topological polar surface area (TPSA) is 32.3 Å². The number of thiophene rings is 1. The van der Waals surface area contributed by atoms with Gasteiger partial charge < -0.3 is 10.2 Å². The summed E-state index contributed by atoms with van der Waals surface area (Å²) in [6.45, 7) is 0.508. The molecule has 2 rings (SSSR count). The van der Waals surface area contributed by atoms with E-state index < -0.39 is 5.82 Å². The summed E-state index contributed by atoms with van der Waals surface area (Å²) >= 11 is 7.43. The van der Waals surface area contributed by atoms with E-state index in [1.165, 1.54) is 17.0 Å². The van der Waals surface area contributed by atoms with Crippen molar-refractivity contribution in [2.24, 2.45) is 0 Å². The van der Waals surface area contributed by atoms with Crippen LogP contribution in [0, 0.1) is 5.82 Å². The third-order valence-electron chi connectivity index (χ3n) is 2.52. The zero-order chi connectivity index (χ0) is 13.8. The van der Waals surface area contributed by atoms with Crippen LogP contribution in [0.15, 0.2) is 35.0 Å². The summed E-state index contributed by atoms with van der Waals surface area (Å²) in [6, 6.07) is 5.52. The number of hydrogen-bond acceptors (Lipinski definition) is 2. The zero-order valence-corrected chi connectivity index (χ0v) is 11.8. The van der Waals surface area contributed by atoms with Gasteiger partial charge in [0.15, 0.2) is 0 Å². The van der Waals surface area contributed by atoms with Gasteiger partial charge in [0.05, 0.1) is 10.7 Å². The molecule has 0 aliphatic carbocycles. The Morgan fingerprint density at radius 1 is 1.47 bits per heavy atom. The van der Waals surface area contributed by atoms with Crippen molar-refractivity contribution in [1.29, 1.82) is 0 Å². The summed E-state index contributed by atoms with van der Waals surface area (Å²) in [5, 5.41) is 6.76. The average Bonchev–Trinajstić information content (AvgIpc) is 2.85. The van der Waals surface area contributed by atoms with Crippen LogP contribution in [0.2, 0.25) is 5.02 Å². The van der Waals surface area contributed by atoms with Gasteiger partial charge in [-0.3, -0.25) is 0 Å². The first kappa shape index (κ1) is 13.8. The molecule has 0 aliphatic rings. The fraction of sp³-hybridized carbons (Fsp3) is 0.154. The summed E-state index contributed by atoms with van der Waals surface area (Å²) in [4.78, 5) is 13.5. The molecular weight excluding hydrogens is 287 g/mol. The van der Waals surface area contributed by atoms with E-state index in [1.54, 1.807) is 18.4 Å². The van der Waals surface area contributed by atoms with Gasteiger partial charge in [0.2, 0.25) is 0 Å². The van der Waals surface area contributed by atoms with Crippen LogP contribution in [0.3, 0.4) is 0 Å². The predicted octanol–water partition coefficient (Wildman–Crippen LogP) is 4.20. The van der Waals surface area contributed by atoms with Gasteiger partial charge in [-0.05, 0) is 40.6 Å². The largest absolute Gasteiger partial charge is 0.323 e. The SMILES string of the molecule is CN(Cc1ccsc1)C(=O)Nc1ccc(F)cc1Cl. The third-order valence-corrected chi connectivity index (χ3v) is 3.56. The molecule has 0 saturated carbocycles. The van der Waals surface area contributed by atoms with Crippen molar-refractivity contribution >= 4 is 34.7 Å². The second kappa shape index (κ2) is 6.04. The first-order valence-electron chi connectivity index (χ1n) is 5.54. The maximum absolute atomic E-state index is 12.9. The second-order valence-electron chi connectivity index (χ2n) is 4.04. The number of carbonyl (C=O) groups is 1. The molecule has 1 heterocycles. The van der Waals surface area contributed by atoms with Crippen molar-refractivity contribution in [1.82, 2.24) is 4.90 Å². The lowest BCUT2D eigenvalue weighted by Gasteiger charge is -2.17. The molecule has 1 N–H and O–H groups in total. The Morgan fingerprint density at radius 2 is 2.26 bits per heavy atom. The number of urea groups is 1. The van der Waals surface area contributed by atoms with Gasteiger partial charge in [0, 0.05) is 13.6 Å². The quantitative estimate of drug-likeness (QED) is 0.905. The van der Waals surface area contributed by atoms with Crippen LogP contribution in [0.4, 0.5) is 14.9 Å². The van der Waals surface area contributed by atoms with Crippen molar-refractivity contribution < 1.29 is 9.18 Å². The number of rotatable bonds is 3. The number of nitrogens with one attached hydrogen (secondary N) is 1. The predicted molar refractivity (Wildman–Crippen MR) is 76.2 cm³/mol. The van der Waals surface area contributed by atoms with Crippen molar-refractivity contribution in [3.8, 4) is 0 Å². The summed E-state index contributed by atoms with van der Waals surface area (Å²) in [6.07, 6.45) is 0. The van der Waals surface area contributed by atoms with Crippen molar-refractivity contribution in [3.05, 3.63) is 51.4 Å². The molecule has 3 nitrogen and oxygen atoms in total. The lowest BCUT2D eigenvalue weighted by molar-refractivity contribution is 0.221. The molecule has 100 valence electrons. The van der Waals surface area contributed by atoms with Crippen LogP contribution < -0.4 is 5.32 Å². The zero-order valence-electron chi connectivity index (χ0n) is 10.2. The van der Waals surface area contributed by atoms with Gasteiger partial charge in [0.25, 0.3) is 0 Å². The minimum Gasteiger partial charge on any atom is -0.323 e. The number of benzene rings is 1. The number of carbonyl (C=O) groups excluding carboxylic acids is 1. The molecule has 2 aromatic rings. The van der Waals surface area contributed by atoms with E-state index in [4.69, 9.17) is 11.6 Å². The van der Waals surface area contributed by atoms with Gasteiger partial charge in [-0.15, -0.1) is 0 Å². The highest BCUT2D eigenvalue weighted by molar-refractivity contribution is 7.07. The molecule has 0 unspecified atom stereocenters. The lowest BCUT2D eigenvalue weighted by atomic mass is 10.3. The first-order chi connectivity index (χ1) is 9.06. The molecule has 0 aliphatic heterocycles. The molecule has 2 amide bonds. The van der Waals surface area contributed by atoms with Crippen LogP contribution in [-0.4, -0.2) is 18.0 Å². The van der Waals surface area contributed by atoms with E-state index in [1.807, 2.05) is 16.8 Å². The molecule has 19 heavy (non-hydrogen) atoms. The van der Waals surface area contributed by atoms with E-state index in [0.29, 0.717) is 12.2 Å². The molecule has 1 aromatic carbocycles. The molecule has 0 fully saturated rings. The fourth-order valence-corrected chi connectivity index (χ4v) is 2.40. The molecule has 0 atom stereocenters. The number of amides is 2. The highest BCUT2D eigenvalue weighted by atomic mass is 35.5. The molecule has 0 saturated heterocycles. The first-order valence-corrected chi connectivity index (χ1v) is 6.86. The van der Waals surface area contributed by atoms with Crippen LogP contribution >= 0.6 is 22.9 Å². The van der Waals surface area contributed by atoms with Crippen LogP contribution in [0.1, 0.15) is 5.56 Å². The standard InChI is InChI=1S/C13H12ClFN2OS/c1-17(7-9-4-5-19-8-9)13(18)16-12-3-2-10(15)6-11(12)14/h2-6,8H,7H2,1H3,(H,16,18). The highest BCUT2D eigenvalue weighted by Crippen LogP contribution is 2.22. The van der Waals surface area contributed by atoms with E-state index in [2.05, 4.69) is 5.32 Å². The Morgan fingerprint density at radius 3 is 2.89 bits per heavy atom. The maximum atomic E-state index is 12.9. The summed E-state index contributed by atoms with van der Waals surface area (Å²) in [5.74, 6) is -0.436. The van der Waals surface area contributed by atoms with Crippen molar-refractivity contribution in [3.63, 3.8) is 0 Å². The van der Waals surface area contributed by atoms with E-state index in [0.717, 1.165) is 11.6 Å². The highest BCUT2D eigenvalue weighted by Gasteiger charge is 2.11.